The van der Waals surface area contributed by atoms with Gasteiger partial charge in [0.1, 0.15) is 5.82 Å². The van der Waals surface area contributed by atoms with Crippen LogP contribution in [0.15, 0.2) is 12.1 Å². The third kappa shape index (κ3) is 6.07. The van der Waals surface area contributed by atoms with Crippen LogP contribution in [0.2, 0.25) is 0 Å². The van der Waals surface area contributed by atoms with Crippen LogP contribution in [0.1, 0.15) is 48.9 Å². The number of phenols is 1. The van der Waals surface area contributed by atoms with Gasteiger partial charge in [0.05, 0.1) is 5.56 Å². The van der Waals surface area contributed by atoms with E-state index in [0.717, 1.165) is 25.3 Å². The minimum absolute atomic E-state index is 0.154. The Labute approximate surface area is 127 Å². The fraction of sp³-hybridized carbons (Fsp3) is 0.467. The Hall–Kier alpha value is -2.18. The number of benzene rings is 1. The van der Waals surface area contributed by atoms with Gasteiger partial charge in [0.2, 0.25) is 0 Å². The van der Waals surface area contributed by atoms with E-state index in [-0.39, 0.29) is 6.42 Å². The van der Waals surface area contributed by atoms with Crippen LogP contribution >= 0.6 is 0 Å². The van der Waals surface area contributed by atoms with Gasteiger partial charge in [0.25, 0.3) is 5.91 Å². The van der Waals surface area contributed by atoms with Gasteiger partial charge in [-0.25, -0.2) is 8.78 Å². The van der Waals surface area contributed by atoms with Gasteiger partial charge in [0.15, 0.2) is 11.6 Å². The fourth-order valence-electron chi connectivity index (χ4n) is 1.97. The average molecular weight is 315 g/mol. The maximum absolute atomic E-state index is 13.1. The first-order valence-corrected chi connectivity index (χ1v) is 7.10. The molecule has 3 N–H and O–H groups in total. The van der Waals surface area contributed by atoms with Crippen molar-refractivity contribution in [3.05, 3.63) is 29.3 Å². The molecule has 1 aromatic carbocycles. The number of halogens is 2. The molecule has 0 aliphatic rings. The van der Waals surface area contributed by atoms with Gasteiger partial charge in [-0.05, 0) is 18.9 Å². The zero-order valence-electron chi connectivity index (χ0n) is 12.1. The Morgan fingerprint density at radius 1 is 1.05 bits per heavy atom. The molecule has 0 bridgehead atoms. The van der Waals surface area contributed by atoms with Crippen molar-refractivity contribution < 1.29 is 28.6 Å². The van der Waals surface area contributed by atoms with Crippen LogP contribution in [0.25, 0.3) is 0 Å². The number of rotatable bonds is 9. The Bertz CT molecular complexity index is 535. The average Bonchev–Trinajstić information content (AvgIpc) is 2.45. The van der Waals surface area contributed by atoms with Gasteiger partial charge in [-0.15, -0.1) is 0 Å². The second-order valence-electron chi connectivity index (χ2n) is 4.95. The van der Waals surface area contributed by atoms with E-state index in [9.17, 15) is 23.5 Å². The number of carbonyl (C=O) groups is 2. The number of phenolic OH excluding ortho intramolecular Hbond substituents is 1. The number of amides is 1. The van der Waals surface area contributed by atoms with Gasteiger partial charge in [-0.2, -0.15) is 0 Å². The van der Waals surface area contributed by atoms with Crippen LogP contribution in [0.3, 0.4) is 0 Å². The van der Waals surface area contributed by atoms with Crippen molar-refractivity contribution in [3.63, 3.8) is 0 Å². The second-order valence-corrected chi connectivity index (χ2v) is 4.95. The standard InChI is InChI=1S/C15H19F2NO4/c16-10-8-11(14(21)12(17)9-10)15(22)18-7-5-3-1-2-4-6-13(19)20/h8-9,21H,1-7H2,(H,18,22)(H,19,20). The van der Waals surface area contributed by atoms with Gasteiger partial charge >= 0.3 is 5.97 Å². The molecule has 5 nitrogen and oxygen atoms in total. The number of aliphatic carboxylic acids is 1. The Kier molecular flexibility index (Phi) is 7.28. The number of aromatic hydroxyl groups is 1. The van der Waals surface area contributed by atoms with E-state index in [1.54, 1.807) is 0 Å². The first-order chi connectivity index (χ1) is 10.4. The van der Waals surface area contributed by atoms with Crippen LogP contribution in [0, 0.1) is 11.6 Å². The highest BCUT2D eigenvalue weighted by atomic mass is 19.1. The summed E-state index contributed by atoms with van der Waals surface area (Å²) in [5, 5.41) is 20.3. The first-order valence-electron chi connectivity index (χ1n) is 7.10. The summed E-state index contributed by atoms with van der Waals surface area (Å²) in [6.07, 6.45) is 3.90. The van der Waals surface area contributed by atoms with E-state index < -0.39 is 34.8 Å². The first kappa shape index (κ1) is 17.9. The van der Waals surface area contributed by atoms with Crippen LogP contribution in [0.5, 0.6) is 5.75 Å². The number of carboxylic acids is 1. The number of carbonyl (C=O) groups excluding carboxylic acids is 1. The SMILES string of the molecule is O=C(O)CCCCCCCNC(=O)c1cc(F)cc(F)c1O. The highest BCUT2D eigenvalue weighted by Crippen LogP contribution is 2.22. The zero-order chi connectivity index (χ0) is 16.5. The molecule has 122 valence electrons. The minimum atomic E-state index is -1.18. The summed E-state index contributed by atoms with van der Waals surface area (Å²) in [7, 11) is 0. The molecule has 0 saturated carbocycles. The maximum Gasteiger partial charge on any atom is 0.303 e. The van der Waals surface area contributed by atoms with E-state index in [2.05, 4.69) is 5.32 Å². The predicted molar refractivity (Wildman–Crippen MR) is 75.7 cm³/mol. The minimum Gasteiger partial charge on any atom is -0.504 e. The quantitative estimate of drug-likeness (QED) is 0.612. The summed E-state index contributed by atoms with van der Waals surface area (Å²) in [4.78, 5) is 22.0. The van der Waals surface area contributed by atoms with Crippen molar-refractivity contribution in [2.75, 3.05) is 6.54 Å². The van der Waals surface area contributed by atoms with Crippen molar-refractivity contribution in [1.82, 2.24) is 5.32 Å². The molecule has 1 aromatic rings. The Morgan fingerprint density at radius 2 is 1.68 bits per heavy atom. The number of hydrogen-bond acceptors (Lipinski definition) is 3. The van der Waals surface area contributed by atoms with Crippen LogP contribution in [-0.4, -0.2) is 28.6 Å². The highest BCUT2D eigenvalue weighted by molar-refractivity contribution is 5.96. The number of hydrogen-bond donors (Lipinski definition) is 3. The maximum atomic E-state index is 13.1. The lowest BCUT2D eigenvalue weighted by atomic mass is 10.1. The largest absolute Gasteiger partial charge is 0.504 e. The molecular formula is C15H19F2NO4. The highest BCUT2D eigenvalue weighted by Gasteiger charge is 2.16. The lowest BCUT2D eigenvalue weighted by molar-refractivity contribution is -0.137. The van der Waals surface area contributed by atoms with E-state index in [0.29, 0.717) is 25.5 Å². The summed E-state index contributed by atoms with van der Waals surface area (Å²) < 4.78 is 26.1. The van der Waals surface area contributed by atoms with E-state index in [4.69, 9.17) is 5.11 Å². The van der Waals surface area contributed by atoms with Crippen molar-refractivity contribution in [2.45, 2.75) is 38.5 Å². The summed E-state index contributed by atoms with van der Waals surface area (Å²) in [5.74, 6) is -4.52. The van der Waals surface area contributed by atoms with Crippen LogP contribution in [-0.2, 0) is 4.79 Å². The summed E-state index contributed by atoms with van der Waals surface area (Å²) >= 11 is 0. The number of unbranched alkanes of at least 4 members (excludes halogenated alkanes) is 4. The van der Waals surface area contributed by atoms with Crippen molar-refractivity contribution >= 4 is 11.9 Å². The molecule has 0 aromatic heterocycles. The third-order valence-electron chi connectivity index (χ3n) is 3.13. The van der Waals surface area contributed by atoms with E-state index in [1.807, 2.05) is 0 Å². The van der Waals surface area contributed by atoms with E-state index in [1.165, 1.54) is 0 Å². The number of carboxylic acid groups (broad SMARTS) is 1. The van der Waals surface area contributed by atoms with Crippen LogP contribution < -0.4 is 5.32 Å². The molecule has 1 amide bonds. The molecular weight excluding hydrogens is 296 g/mol. The molecule has 0 unspecified atom stereocenters. The topological polar surface area (TPSA) is 86.6 Å². The molecule has 0 saturated heterocycles. The third-order valence-corrected chi connectivity index (χ3v) is 3.13. The fourth-order valence-corrected chi connectivity index (χ4v) is 1.97. The van der Waals surface area contributed by atoms with Crippen molar-refractivity contribution in [1.29, 1.82) is 0 Å². The second kappa shape index (κ2) is 8.96. The van der Waals surface area contributed by atoms with Crippen molar-refractivity contribution in [3.8, 4) is 5.75 Å². The summed E-state index contributed by atoms with van der Waals surface area (Å²) in [6.45, 7) is 0.315. The van der Waals surface area contributed by atoms with Gasteiger partial charge in [-0.1, -0.05) is 19.3 Å². The molecule has 1 rings (SSSR count). The molecule has 0 heterocycles. The number of nitrogens with one attached hydrogen (secondary N) is 1. The zero-order valence-corrected chi connectivity index (χ0v) is 12.1. The normalized spacial score (nSPS) is 10.5. The molecule has 0 fully saturated rings. The predicted octanol–water partition coefficient (Wildman–Crippen LogP) is 2.83. The Morgan fingerprint density at radius 3 is 2.36 bits per heavy atom. The molecule has 0 atom stereocenters. The molecule has 7 heteroatoms. The van der Waals surface area contributed by atoms with E-state index >= 15 is 0 Å². The summed E-state index contributed by atoms with van der Waals surface area (Å²) in [5.41, 5.74) is -0.432. The lowest BCUT2D eigenvalue weighted by Crippen LogP contribution is -2.24. The lowest BCUT2D eigenvalue weighted by Gasteiger charge is -2.07. The van der Waals surface area contributed by atoms with Gasteiger partial charge in [0, 0.05) is 19.0 Å². The van der Waals surface area contributed by atoms with Gasteiger partial charge in [-0.3, -0.25) is 9.59 Å². The summed E-state index contributed by atoms with van der Waals surface area (Å²) in [6, 6.07) is 1.28. The smallest absolute Gasteiger partial charge is 0.303 e. The molecule has 0 radical (unpaired) electrons. The van der Waals surface area contributed by atoms with Crippen LogP contribution in [0.4, 0.5) is 8.78 Å². The molecule has 0 spiro atoms. The molecule has 22 heavy (non-hydrogen) atoms. The Balaban J connectivity index is 2.25. The van der Waals surface area contributed by atoms with Crippen molar-refractivity contribution in [2.24, 2.45) is 0 Å². The molecule has 0 aliphatic carbocycles. The molecule has 0 aliphatic heterocycles. The monoisotopic (exact) mass is 315 g/mol. The van der Waals surface area contributed by atoms with Gasteiger partial charge < -0.3 is 15.5 Å².